The van der Waals surface area contributed by atoms with Crippen LogP contribution in [-0.2, 0) is 0 Å². The quantitative estimate of drug-likeness (QED) is 0.701. The van der Waals surface area contributed by atoms with Gasteiger partial charge in [0.2, 0.25) is 0 Å². The number of rotatable bonds is 2. The summed E-state index contributed by atoms with van der Waals surface area (Å²) in [5.74, 6) is 0.929. The van der Waals surface area contributed by atoms with E-state index in [4.69, 9.17) is 10.5 Å². The van der Waals surface area contributed by atoms with E-state index in [2.05, 4.69) is 5.32 Å². The third kappa shape index (κ3) is 1.68. The van der Waals surface area contributed by atoms with Crippen LogP contribution in [0.2, 0.25) is 0 Å². The Morgan fingerprint density at radius 1 is 1.50 bits per heavy atom. The highest BCUT2D eigenvalue weighted by Crippen LogP contribution is 2.32. The maximum atomic E-state index is 5.77. The summed E-state index contributed by atoms with van der Waals surface area (Å²) in [5.41, 5.74) is 7.75. The highest BCUT2D eigenvalue weighted by atomic mass is 16.5. The van der Waals surface area contributed by atoms with Crippen molar-refractivity contribution in [2.45, 2.75) is 18.9 Å². The van der Waals surface area contributed by atoms with E-state index < -0.39 is 0 Å². The molecule has 0 aliphatic carbocycles. The molecule has 0 bridgehead atoms. The molecule has 3 N–H and O–H groups in total. The zero-order chi connectivity index (χ0) is 9.97. The van der Waals surface area contributed by atoms with Crippen LogP contribution in [0.5, 0.6) is 5.75 Å². The van der Waals surface area contributed by atoms with Gasteiger partial charge in [-0.05, 0) is 37.6 Å². The first-order valence-corrected chi connectivity index (χ1v) is 4.98. The summed E-state index contributed by atoms with van der Waals surface area (Å²) < 4.78 is 5.32. The van der Waals surface area contributed by atoms with Crippen LogP contribution >= 0.6 is 0 Å². The highest BCUT2D eigenvalue weighted by molar-refractivity contribution is 5.49. The molecule has 3 nitrogen and oxygen atoms in total. The van der Waals surface area contributed by atoms with Gasteiger partial charge in [-0.25, -0.2) is 0 Å². The second-order valence-electron chi connectivity index (χ2n) is 3.65. The molecule has 0 aromatic heterocycles. The second-order valence-corrected chi connectivity index (χ2v) is 3.65. The fourth-order valence-corrected chi connectivity index (χ4v) is 1.98. The number of anilines is 1. The van der Waals surface area contributed by atoms with Gasteiger partial charge in [-0.1, -0.05) is 0 Å². The fourth-order valence-electron chi connectivity index (χ4n) is 1.98. The van der Waals surface area contributed by atoms with E-state index in [1.807, 2.05) is 18.2 Å². The zero-order valence-corrected chi connectivity index (χ0v) is 8.42. The molecule has 1 atom stereocenters. The Labute approximate surface area is 84.3 Å². The zero-order valence-electron chi connectivity index (χ0n) is 8.42. The predicted octanol–water partition coefficient (Wildman–Crippen LogP) is 1.70. The maximum Gasteiger partial charge on any atom is 0.123 e. The molecule has 1 aliphatic heterocycles. The van der Waals surface area contributed by atoms with Crippen molar-refractivity contribution in [2.24, 2.45) is 0 Å². The van der Waals surface area contributed by atoms with Crippen LogP contribution in [0.15, 0.2) is 18.2 Å². The van der Waals surface area contributed by atoms with Crippen molar-refractivity contribution >= 4 is 5.69 Å². The number of hydrogen-bond acceptors (Lipinski definition) is 3. The van der Waals surface area contributed by atoms with Crippen LogP contribution in [0.3, 0.4) is 0 Å². The second kappa shape index (κ2) is 3.88. The number of hydrogen-bond donors (Lipinski definition) is 2. The van der Waals surface area contributed by atoms with Crippen molar-refractivity contribution in [3.63, 3.8) is 0 Å². The molecule has 14 heavy (non-hydrogen) atoms. The molecule has 0 radical (unpaired) electrons. The first-order valence-electron chi connectivity index (χ1n) is 4.98. The van der Waals surface area contributed by atoms with Crippen molar-refractivity contribution in [3.8, 4) is 5.75 Å². The number of nitrogen functional groups attached to an aromatic ring is 1. The van der Waals surface area contributed by atoms with Gasteiger partial charge in [-0.3, -0.25) is 0 Å². The third-order valence-corrected chi connectivity index (χ3v) is 2.69. The van der Waals surface area contributed by atoms with Gasteiger partial charge in [0, 0.05) is 17.3 Å². The number of ether oxygens (including phenoxy) is 1. The van der Waals surface area contributed by atoms with E-state index in [9.17, 15) is 0 Å². The van der Waals surface area contributed by atoms with E-state index in [-0.39, 0.29) is 0 Å². The lowest BCUT2D eigenvalue weighted by Gasteiger charge is -2.15. The van der Waals surface area contributed by atoms with Crippen LogP contribution in [0.1, 0.15) is 24.4 Å². The van der Waals surface area contributed by atoms with Crippen molar-refractivity contribution in [3.05, 3.63) is 23.8 Å². The van der Waals surface area contributed by atoms with Gasteiger partial charge >= 0.3 is 0 Å². The van der Waals surface area contributed by atoms with Gasteiger partial charge in [0.15, 0.2) is 0 Å². The predicted molar refractivity (Wildman–Crippen MR) is 57.4 cm³/mol. The minimum atomic E-state index is 0.411. The minimum absolute atomic E-state index is 0.411. The molecule has 1 aromatic carbocycles. The summed E-state index contributed by atoms with van der Waals surface area (Å²) in [6.07, 6.45) is 2.39. The van der Waals surface area contributed by atoms with Crippen molar-refractivity contribution in [1.82, 2.24) is 5.32 Å². The Morgan fingerprint density at radius 3 is 3.00 bits per heavy atom. The van der Waals surface area contributed by atoms with Crippen LogP contribution < -0.4 is 15.8 Å². The van der Waals surface area contributed by atoms with Crippen molar-refractivity contribution < 1.29 is 4.74 Å². The summed E-state index contributed by atoms with van der Waals surface area (Å²) in [5, 5.41) is 3.44. The Morgan fingerprint density at radius 2 is 2.36 bits per heavy atom. The van der Waals surface area contributed by atoms with Crippen LogP contribution in [0, 0.1) is 0 Å². The van der Waals surface area contributed by atoms with Crippen LogP contribution in [-0.4, -0.2) is 13.7 Å². The maximum absolute atomic E-state index is 5.77. The molecule has 3 heteroatoms. The van der Waals surface area contributed by atoms with E-state index >= 15 is 0 Å². The summed E-state index contributed by atoms with van der Waals surface area (Å²) in [6.45, 7) is 1.09. The number of methoxy groups -OCH3 is 1. The first-order chi connectivity index (χ1) is 6.81. The Kier molecular flexibility index (Phi) is 2.59. The molecule has 76 valence electrons. The van der Waals surface area contributed by atoms with Gasteiger partial charge in [0.05, 0.1) is 7.11 Å². The Bertz CT molecular complexity index is 319. The molecule has 0 spiro atoms. The van der Waals surface area contributed by atoms with Crippen molar-refractivity contribution in [2.75, 3.05) is 19.4 Å². The largest absolute Gasteiger partial charge is 0.496 e. The molecule has 1 aliphatic rings. The lowest BCUT2D eigenvalue weighted by atomic mass is 10.0. The average Bonchev–Trinajstić information content (AvgIpc) is 2.70. The molecule has 1 aromatic rings. The average molecular weight is 192 g/mol. The number of benzene rings is 1. The highest BCUT2D eigenvalue weighted by Gasteiger charge is 2.19. The molecule has 1 unspecified atom stereocenters. The lowest BCUT2D eigenvalue weighted by molar-refractivity contribution is 0.403. The van der Waals surface area contributed by atoms with Crippen molar-refractivity contribution in [1.29, 1.82) is 0 Å². The van der Waals surface area contributed by atoms with E-state index in [1.165, 1.54) is 18.4 Å². The molecule has 1 saturated heterocycles. The number of nitrogens with one attached hydrogen (secondary N) is 1. The van der Waals surface area contributed by atoms with Crippen LogP contribution in [0.25, 0.3) is 0 Å². The third-order valence-electron chi connectivity index (χ3n) is 2.69. The van der Waals surface area contributed by atoms with E-state index in [1.54, 1.807) is 7.11 Å². The molecule has 2 rings (SSSR count). The SMILES string of the molecule is COc1ccc(N)cc1C1CCCN1. The molecule has 1 heterocycles. The molecule has 1 fully saturated rings. The van der Waals surface area contributed by atoms with Gasteiger partial charge in [-0.2, -0.15) is 0 Å². The first kappa shape index (κ1) is 9.34. The molecule has 0 amide bonds. The Balaban J connectivity index is 2.33. The monoisotopic (exact) mass is 192 g/mol. The fraction of sp³-hybridized carbons (Fsp3) is 0.455. The summed E-state index contributed by atoms with van der Waals surface area (Å²) >= 11 is 0. The molecular weight excluding hydrogens is 176 g/mol. The van der Waals surface area contributed by atoms with E-state index in [0.717, 1.165) is 18.0 Å². The Hall–Kier alpha value is -1.22. The topological polar surface area (TPSA) is 47.3 Å². The summed E-state index contributed by atoms with van der Waals surface area (Å²) in [6, 6.07) is 6.22. The van der Waals surface area contributed by atoms with E-state index in [0.29, 0.717) is 6.04 Å². The minimum Gasteiger partial charge on any atom is -0.496 e. The van der Waals surface area contributed by atoms with Gasteiger partial charge in [-0.15, -0.1) is 0 Å². The standard InChI is InChI=1S/C11H16N2O/c1-14-11-5-4-8(12)7-9(11)10-3-2-6-13-10/h4-5,7,10,13H,2-3,6,12H2,1H3. The smallest absolute Gasteiger partial charge is 0.123 e. The van der Waals surface area contributed by atoms with Gasteiger partial charge in [0.1, 0.15) is 5.75 Å². The van der Waals surface area contributed by atoms with Gasteiger partial charge < -0.3 is 15.8 Å². The lowest BCUT2D eigenvalue weighted by Crippen LogP contribution is -2.14. The molecular formula is C11H16N2O. The van der Waals surface area contributed by atoms with Crippen LogP contribution in [0.4, 0.5) is 5.69 Å². The summed E-state index contributed by atoms with van der Waals surface area (Å²) in [4.78, 5) is 0. The normalized spacial score (nSPS) is 21.1. The number of nitrogens with two attached hydrogens (primary N) is 1. The van der Waals surface area contributed by atoms with Gasteiger partial charge in [0.25, 0.3) is 0 Å². The summed E-state index contributed by atoms with van der Waals surface area (Å²) in [7, 11) is 1.70. The molecule has 0 saturated carbocycles.